The summed E-state index contributed by atoms with van der Waals surface area (Å²) >= 11 is 0. The zero-order valence-corrected chi connectivity index (χ0v) is 8.59. The van der Waals surface area contributed by atoms with E-state index >= 15 is 0 Å². The SMILES string of the molecule is CN1CCc2cccc3c2[C@H]1CNC3. The quantitative estimate of drug-likeness (QED) is 0.660. The van der Waals surface area contributed by atoms with Crippen LogP contribution < -0.4 is 5.32 Å². The summed E-state index contributed by atoms with van der Waals surface area (Å²) in [6.45, 7) is 3.36. The summed E-state index contributed by atoms with van der Waals surface area (Å²) in [6, 6.07) is 7.37. The van der Waals surface area contributed by atoms with Gasteiger partial charge in [-0.05, 0) is 30.2 Å². The molecular weight excluding hydrogens is 172 g/mol. The van der Waals surface area contributed by atoms with Gasteiger partial charge < -0.3 is 5.32 Å². The Morgan fingerprint density at radius 2 is 2.21 bits per heavy atom. The van der Waals surface area contributed by atoms with Crippen LogP contribution in [-0.4, -0.2) is 25.0 Å². The molecule has 3 rings (SSSR count). The average Bonchev–Trinajstić information content (AvgIpc) is 2.24. The maximum absolute atomic E-state index is 3.49. The zero-order chi connectivity index (χ0) is 9.54. The van der Waals surface area contributed by atoms with E-state index in [9.17, 15) is 0 Å². The van der Waals surface area contributed by atoms with E-state index in [-0.39, 0.29) is 0 Å². The second kappa shape index (κ2) is 3.07. The lowest BCUT2D eigenvalue weighted by Gasteiger charge is -2.39. The molecule has 0 fully saturated rings. The van der Waals surface area contributed by atoms with Crippen molar-refractivity contribution < 1.29 is 0 Å². The smallest absolute Gasteiger partial charge is 0.0475 e. The van der Waals surface area contributed by atoms with Crippen LogP contribution in [0.2, 0.25) is 0 Å². The normalized spacial score (nSPS) is 25.9. The molecule has 2 nitrogen and oxygen atoms in total. The molecule has 0 amide bonds. The van der Waals surface area contributed by atoms with Crippen molar-refractivity contribution in [2.24, 2.45) is 0 Å². The van der Waals surface area contributed by atoms with Gasteiger partial charge >= 0.3 is 0 Å². The maximum atomic E-state index is 3.49. The topological polar surface area (TPSA) is 15.3 Å². The van der Waals surface area contributed by atoms with Crippen molar-refractivity contribution in [2.75, 3.05) is 20.1 Å². The molecule has 2 heteroatoms. The molecule has 0 unspecified atom stereocenters. The standard InChI is InChI=1S/C12H16N2/c1-14-6-5-9-3-2-4-10-7-13-8-11(14)12(9)10/h2-4,11,13H,5-8H2,1H3/t11-/m1/s1. The zero-order valence-electron chi connectivity index (χ0n) is 8.59. The highest BCUT2D eigenvalue weighted by atomic mass is 15.2. The van der Waals surface area contributed by atoms with E-state index in [2.05, 4.69) is 35.5 Å². The van der Waals surface area contributed by atoms with Crippen molar-refractivity contribution in [3.63, 3.8) is 0 Å². The number of nitrogens with one attached hydrogen (secondary N) is 1. The lowest BCUT2D eigenvalue weighted by Crippen LogP contribution is -2.42. The van der Waals surface area contributed by atoms with Gasteiger partial charge in [0, 0.05) is 25.7 Å². The maximum Gasteiger partial charge on any atom is 0.0475 e. The predicted octanol–water partition coefficient (Wildman–Crippen LogP) is 1.32. The van der Waals surface area contributed by atoms with E-state index in [0.29, 0.717) is 6.04 Å². The van der Waals surface area contributed by atoms with Gasteiger partial charge in [-0.25, -0.2) is 0 Å². The third-order valence-electron chi connectivity index (χ3n) is 3.54. The van der Waals surface area contributed by atoms with Crippen LogP contribution in [0.5, 0.6) is 0 Å². The third-order valence-corrected chi connectivity index (χ3v) is 3.54. The molecular formula is C12H16N2. The third kappa shape index (κ3) is 1.11. The predicted molar refractivity (Wildman–Crippen MR) is 57.2 cm³/mol. The molecule has 0 aromatic heterocycles. The number of likely N-dealkylation sites (N-methyl/N-ethyl adjacent to an activating group) is 1. The fourth-order valence-corrected chi connectivity index (χ4v) is 2.74. The first-order chi connectivity index (χ1) is 6.86. The lowest BCUT2D eigenvalue weighted by atomic mass is 9.87. The number of rotatable bonds is 0. The highest BCUT2D eigenvalue weighted by Crippen LogP contribution is 2.33. The number of hydrogen-bond acceptors (Lipinski definition) is 2. The van der Waals surface area contributed by atoms with Crippen molar-refractivity contribution in [1.29, 1.82) is 0 Å². The van der Waals surface area contributed by atoms with Crippen LogP contribution in [0.15, 0.2) is 18.2 Å². The second-order valence-corrected chi connectivity index (χ2v) is 4.37. The van der Waals surface area contributed by atoms with Crippen molar-refractivity contribution in [1.82, 2.24) is 10.2 Å². The summed E-state index contributed by atoms with van der Waals surface area (Å²) in [5.74, 6) is 0. The van der Waals surface area contributed by atoms with Gasteiger partial charge in [0.15, 0.2) is 0 Å². The highest BCUT2D eigenvalue weighted by molar-refractivity contribution is 5.41. The Kier molecular flexibility index (Phi) is 1.85. The van der Waals surface area contributed by atoms with Gasteiger partial charge in [0.05, 0.1) is 0 Å². The number of benzene rings is 1. The van der Waals surface area contributed by atoms with E-state index in [4.69, 9.17) is 0 Å². The van der Waals surface area contributed by atoms with Crippen molar-refractivity contribution in [3.8, 4) is 0 Å². The molecule has 0 radical (unpaired) electrons. The van der Waals surface area contributed by atoms with Crippen LogP contribution in [-0.2, 0) is 13.0 Å². The Labute approximate surface area is 84.9 Å². The van der Waals surface area contributed by atoms with Crippen molar-refractivity contribution >= 4 is 0 Å². The Bertz CT molecular complexity index is 345. The number of hydrogen-bond donors (Lipinski definition) is 1. The summed E-state index contributed by atoms with van der Waals surface area (Å²) in [5, 5.41) is 3.49. The van der Waals surface area contributed by atoms with Crippen molar-refractivity contribution in [2.45, 2.75) is 19.0 Å². The van der Waals surface area contributed by atoms with Gasteiger partial charge in [-0.3, -0.25) is 4.90 Å². The second-order valence-electron chi connectivity index (χ2n) is 4.37. The van der Waals surface area contributed by atoms with Crippen LogP contribution >= 0.6 is 0 Å². The van der Waals surface area contributed by atoms with Gasteiger partial charge in [0.2, 0.25) is 0 Å². The molecule has 1 aromatic carbocycles. The van der Waals surface area contributed by atoms with Gasteiger partial charge in [-0.1, -0.05) is 18.2 Å². The van der Waals surface area contributed by atoms with E-state index in [1.54, 1.807) is 11.1 Å². The van der Waals surface area contributed by atoms with E-state index < -0.39 is 0 Å². The summed E-state index contributed by atoms with van der Waals surface area (Å²) in [7, 11) is 2.23. The monoisotopic (exact) mass is 188 g/mol. The van der Waals surface area contributed by atoms with Crippen LogP contribution in [0.25, 0.3) is 0 Å². The summed E-state index contributed by atoms with van der Waals surface area (Å²) in [4.78, 5) is 2.47. The highest BCUT2D eigenvalue weighted by Gasteiger charge is 2.28. The molecule has 14 heavy (non-hydrogen) atoms. The Balaban J connectivity index is 2.17. The van der Waals surface area contributed by atoms with E-state index in [1.165, 1.54) is 18.5 Å². The van der Waals surface area contributed by atoms with Crippen LogP contribution in [0, 0.1) is 0 Å². The summed E-state index contributed by atoms with van der Waals surface area (Å²) in [5.41, 5.74) is 4.69. The molecule has 0 bridgehead atoms. The van der Waals surface area contributed by atoms with Gasteiger partial charge in [-0.15, -0.1) is 0 Å². The molecule has 1 aromatic rings. The summed E-state index contributed by atoms with van der Waals surface area (Å²) in [6.07, 6.45) is 1.22. The van der Waals surface area contributed by atoms with Gasteiger partial charge in [-0.2, -0.15) is 0 Å². The Morgan fingerprint density at radius 1 is 1.36 bits per heavy atom. The minimum Gasteiger partial charge on any atom is -0.311 e. The molecule has 1 atom stereocenters. The largest absolute Gasteiger partial charge is 0.311 e. The molecule has 0 spiro atoms. The van der Waals surface area contributed by atoms with Crippen LogP contribution in [0.1, 0.15) is 22.7 Å². The molecule has 0 saturated heterocycles. The minimum absolute atomic E-state index is 0.615. The van der Waals surface area contributed by atoms with E-state index in [0.717, 1.165) is 13.1 Å². The van der Waals surface area contributed by atoms with E-state index in [1.807, 2.05) is 0 Å². The lowest BCUT2D eigenvalue weighted by molar-refractivity contribution is 0.214. The summed E-state index contributed by atoms with van der Waals surface area (Å²) < 4.78 is 0. The van der Waals surface area contributed by atoms with Crippen LogP contribution in [0.3, 0.4) is 0 Å². The fourth-order valence-electron chi connectivity index (χ4n) is 2.74. The molecule has 0 aliphatic carbocycles. The van der Waals surface area contributed by atoms with Gasteiger partial charge in [0.25, 0.3) is 0 Å². The molecule has 0 saturated carbocycles. The first-order valence-corrected chi connectivity index (χ1v) is 5.38. The number of nitrogens with zero attached hydrogens (tertiary/aromatic N) is 1. The minimum atomic E-state index is 0.615. The molecule has 74 valence electrons. The molecule has 1 N–H and O–H groups in total. The Hall–Kier alpha value is -0.860. The Morgan fingerprint density at radius 3 is 3.14 bits per heavy atom. The van der Waals surface area contributed by atoms with Crippen LogP contribution in [0.4, 0.5) is 0 Å². The first-order valence-electron chi connectivity index (χ1n) is 5.38. The molecule has 2 aliphatic heterocycles. The molecule has 2 aliphatic rings. The average molecular weight is 188 g/mol. The fraction of sp³-hybridized carbons (Fsp3) is 0.500. The van der Waals surface area contributed by atoms with Crippen molar-refractivity contribution in [3.05, 3.63) is 34.9 Å². The first kappa shape index (κ1) is 8.45. The van der Waals surface area contributed by atoms with Gasteiger partial charge in [0.1, 0.15) is 0 Å². The molecule has 2 heterocycles.